The van der Waals surface area contributed by atoms with Crippen LogP contribution >= 0.6 is 11.5 Å². The summed E-state index contributed by atoms with van der Waals surface area (Å²) in [7, 11) is 0. The van der Waals surface area contributed by atoms with Gasteiger partial charge in [0, 0.05) is 24.5 Å². The van der Waals surface area contributed by atoms with Gasteiger partial charge in [-0.2, -0.15) is 0 Å². The Hall–Kier alpha value is -3.82. The number of anilines is 2. The Morgan fingerprint density at radius 2 is 1.94 bits per heavy atom. The van der Waals surface area contributed by atoms with Crippen LogP contribution in [0.3, 0.4) is 0 Å². The number of hydrogen-bond acceptors (Lipinski definition) is 6. The molecule has 0 aliphatic rings. The van der Waals surface area contributed by atoms with Gasteiger partial charge in [0.2, 0.25) is 11.9 Å². The fraction of sp³-hybridized carbons (Fsp3) is 0.259. The molecule has 0 aliphatic heterocycles. The second-order valence-electron chi connectivity index (χ2n) is 9.64. The molecule has 4 rings (SSSR count). The fourth-order valence-corrected chi connectivity index (χ4v) is 4.06. The number of imidazole rings is 1. The van der Waals surface area contributed by atoms with Crippen molar-refractivity contribution in [1.29, 1.82) is 0 Å². The molecule has 2 aromatic heterocycles. The average Bonchev–Trinajstić information content (AvgIpc) is 3.49. The molecular formula is C27H30N6O2S. The van der Waals surface area contributed by atoms with E-state index in [0.29, 0.717) is 29.1 Å². The van der Waals surface area contributed by atoms with Crippen molar-refractivity contribution in [3.63, 3.8) is 0 Å². The van der Waals surface area contributed by atoms with E-state index in [0.717, 1.165) is 33.8 Å². The predicted molar refractivity (Wildman–Crippen MR) is 146 cm³/mol. The van der Waals surface area contributed by atoms with Crippen LogP contribution < -0.4 is 16.0 Å². The summed E-state index contributed by atoms with van der Waals surface area (Å²) < 4.78 is 5.89. The van der Waals surface area contributed by atoms with Crippen molar-refractivity contribution in [1.82, 2.24) is 19.2 Å². The molecule has 36 heavy (non-hydrogen) atoms. The van der Waals surface area contributed by atoms with E-state index in [-0.39, 0.29) is 17.2 Å². The number of carbonyl (C=O) groups is 2. The lowest BCUT2D eigenvalue weighted by molar-refractivity contribution is -0.111. The van der Waals surface area contributed by atoms with Crippen LogP contribution in [0.1, 0.15) is 42.9 Å². The number of amides is 2. The first kappa shape index (κ1) is 25.3. The Balaban J connectivity index is 1.73. The van der Waals surface area contributed by atoms with Crippen molar-refractivity contribution < 1.29 is 9.59 Å². The minimum atomic E-state index is -0.303. The second-order valence-corrected chi connectivity index (χ2v) is 10.5. The number of rotatable bonds is 8. The molecule has 0 aliphatic carbocycles. The van der Waals surface area contributed by atoms with Crippen LogP contribution in [0.2, 0.25) is 0 Å². The summed E-state index contributed by atoms with van der Waals surface area (Å²) in [6, 6.07) is 15.4. The van der Waals surface area contributed by atoms with Crippen LogP contribution in [0, 0.1) is 5.41 Å². The Morgan fingerprint density at radius 3 is 2.64 bits per heavy atom. The van der Waals surface area contributed by atoms with Crippen molar-refractivity contribution in [3.8, 4) is 5.69 Å². The third-order valence-corrected chi connectivity index (χ3v) is 6.82. The van der Waals surface area contributed by atoms with Gasteiger partial charge in [0.05, 0.1) is 16.7 Å². The molecule has 9 heteroatoms. The van der Waals surface area contributed by atoms with Crippen molar-refractivity contribution in [2.75, 3.05) is 10.6 Å². The summed E-state index contributed by atoms with van der Waals surface area (Å²) in [4.78, 5) is 29.9. The number of nitrogens with one attached hydrogen (secondary N) is 3. The maximum Gasteiger partial charge on any atom is 0.269 e. The third-order valence-electron chi connectivity index (χ3n) is 6.07. The number of benzene rings is 2. The molecule has 2 heterocycles. The van der Waals surface area contributed by atoms with E-state index in [1.165, 1.54) is 6.08 Å². The molecule has 186 valence electrons. The zero-order chi connectivity index (χ0) is 25.9. The van der Waals surface area contributed by atoms with E-state index in [4.69, 9.17) is 4.98 Å². The van der Waals surface area contributed by atoms with Crippen LogP contribution in [0.4, 0.5) is 11.6 Å². The van der Waals surface area contributed by atoms with Gasteiger partial charge in [0.1, 0.15) is 4.88 Å². The van der Waals surface area contributed by atoms with Gasteiger partial charge in [-0.3, -0.25) is 19.5 Å². The van der Waals surface area contributed by atoms with Crippen LogP contribution in [0.5, 0.6) is 0 Å². The molecule has 0 saturated carbocycles. The van der Waals surface area contributed by atoms with Gasteiger partial charge in [-0.1, -0.05) is 39.5 Å². The highest BCUT2D eigenvalue weighted by Crippen LogP contribution is 2.28. The zero-order valence-electron chi connectivity index (χ0n) is 20.8. The van der Waals surface area contributed by atoms with Gasteiger partial charge in [0.15, 0.2) is 0 Å². The van der Waals surface area contributed by atoms with Gasteiger partial charge in [-0.05, 0) is 71.9 Å². The lowest BCUT2D eigenvalue weighted by Crippen LogP contribution is -2.37. The Labute approximate surface area is 214 Å². The molecule has 1 atom stereocenters. The van der Waals surface area contributed by atoms with Crippen LogP contribution in [0.25, 0.3) is 16.7 Å². The summed E-state index contributed by atoms with van der Waals surface area (Å²) in [5, 5.41) is 9.29. The number of hydrogen-bond donors (Lipinski definition) is 3. The highest BCUT2D eigenvalue weighted by Gasteiger charge is 2.20. The standard InChI is InChI=1S/C27H30N6O2S/c1-6-24(34)30-19-8-7-9-20(15-19)33-22-11-10-18(16-28-17(2)27(3,4)5)14-21(22)31-26(33)32-25(35)23-12-13-29-36-23/h6-15,17,28H,1,16H2,2-5H3,(H,30,34)(H,31,32,35)/t17-/m0/s1. The first-order valence-corrected chi connectivity index (χ1v) is 12.4. The van der Waals surface area contributed by atoms with E-state index in [9.17, 15) is 9.59 Å². The van der Waals surface area contributed by atoms with Gasteiger partial charge >= 0.3 is 0 Å². The molecular weight excluding hydrogens is 472 g/mol. The Kier molecular flexibility index (Phi) is 7.32. The van der Waals surface area contributed by atoms with Crippen LogP contribution in [-0.2, 0) is 11.3 Å². The maximum absolute atomic E-state index is 12.9. The first-order chi connectivity index (χ1) is 17.2. The number of aromatic nitrogens is 3. The monoisotopic (exact) mass is 502 g/mol. The molecule has 2 aromatic carbocycles. The topological polar surface area (TPSA) is 101 Å². The zero-order valence-corrected chi connectivity index (χ0v) is 21.6. The number of carbonyl (C=O) groups excluding carboxylic acids is 2. The largest absolute Gasteiger partial charge is 0.322 e. The summed E-state index contributed by atoms with van der Waals surface area (Å²) in [5.74, 6) is -0.210. The molecule has 0 saturated heterocycles. The molecule has 0 bridgehead atoms. The summed E-state index contributed by atoms with van der Waals surface area (Å²) >= 11 is 1.12. The maximum atomic E-state index is 12.9. The van der Waals surface area contributed by atoms with E-state index in [1.54, 1.807) is 18.3 Å². The van der Waals surface area contributed by atoms with Crippen molar-refractivity contribution in [3.05, 3.63) is 77.8 Å². The minimum Gasteiger partial charge on any atom is -0.322 e. The minimum absolute atomic E-state index is 0.145. The predicted octanol–water partition coefficient (Wildman–Crippen LogP) is 5.38. The molecule has 8 nitrogen and oxygen atoms in total. The van der Waals surface area contributed by atoms with Gasteiger partial charge in [-0.15, -0.1) is 0 Å². The second kappa shape index (κ2) is 10.4. The van der Waals surface area contributed by atoms with E-state index in [2.05, 4.69) is 60.7 Å². The Morgan fingerprint density at radius 1 is 1.14 bits per heavy atom. The molecule has 0 fully saturated rings. The van der Waals surface area contributed by atoms with Crippen LogP contribution in [0.15, 0.2) is 67.4 Å². The van der Waals surface area contributed by atoms with E-state index < -0.39 is 0 Å². The normalized spacial score (nSPS) is 12.3. The van der Waals surface area contributed by atoms with E-state index in [1.807, 2.05) is 34.9 Å². The highest BCUT2D eigenvalue weighted by atomic mass is 32.1. The summed E-state index contributed by atoms with van der Waals surface area (Å²) in [6.45, 7) is 13.0. The van der Waals surface area contributed by atoms with Crippen LogP contribution in [-0.4, -0.2) is 31.8 Å². The van der Waals surface area contributed by atoms with E-state index >= 15 is 0 Å². The van der Waals surface area contributed by atoms with Crippen molar-refractivity contribution in [2.45, 2.75) is 40.3 Å². The highest BCUT2D eigenvalue weighted by molar-refractivity contribution is 7.08. The van der Waals surface area contributed by atoms with Gasteiger partial charge < -0.3 is 10.6 Å². The Bertz CT molecular complexity index is 1400. The fourth-order valence-electron chi connectivity index (χ4n) is 3.57. The molecule has 0 unspecified atom stereocenters. The molecule has 0 radical (unpaired) electrons. The lowest BCUT2D eigenvalue weighted by Gasteiger charge is -2.28. The number of nitrogens with zero attached hydrogens (tertiary/aromatic N) is 3. The number of fused-ring (bicyclic) bond motifs is 1. The average molecular weight is 503 g/mol. The lowest BCUT2D eigenvalue weighted by atomic mass is 9.88. The third kappa shape index (κ3) is 5.69. The molecule has 2 amide bonds. The smallest absolute Gasteiger partial charge is 0.269 e. The quantitative estimate of drug-likeness (QED) is 0.281. The first-order valence-electron chi connectivity index (χ1n) is 11.7. The molecule has 4 aromatic rings. The summed E-state index contributed by atoms with van der Waals surface area (Å²) in [5.41, 5.74) is 4.16. The van der Waals surface area contributed by atoms with Crippen molar-refractivity contribution >= 4 is 46.0 Å². The molecule has 0 spiro atoms. The molecule has 3 N–H and O–H groups in total. The summed E-state index contributed by atoms with van der Waals surface area (Å²) in [6.07, 6.45) is 2.81. The van der Waals surface area contributed by atoms with Crippen molar-refractivity contribution in [2.24, 2.45) is 5.41 Å². The van der Waals surface area contributed by atoms with Gasteiger partial charge in [-0.25, -0.2) is 9.36 Å². The SMILES string of the molecule is C=CC(=O)Nc1cccc(-n2c(NC(=O)c3ccns3)nc3cc(CN[C@@H](C)C(C)(C)C)ccc32)c1. The van der Waals surface area contributed by atoms with Gasteiger partial charge in [0.25, 0.3) is 5.91 Å².